The van der Waals surface area contributed by atoms with Crippen LogP contribution in [0.1, 0.15) is 41.3 Å². The van der Waals surface area contributed by atoms with Gasteiger partial charge in [-0.3, -0.25) is 4.79 Å². The monoisotopic (exact) mass is 343 g/mol. The van der Waals surface area contributed by atoms with E-state index in [1.54, 1.807) is 11.3 Å². The zero-order chi connectivity index (χ0) is 17.2. The van der Waals surface area contributed by atoms with Crippen LogP contribution in [0.2, 0.25) is 0 Å². The average molecular weight is 343 g/mol. The number of hydrogen-bond donors (Lipinski definition) is 1. The van der Waals surface area contributed by atoms with Crippen molar-refractivity contribution in [2.45, 2.75) is 39.2 Å². The number of likely N-dealkylation sites (tertiary alicyclic amines) is 1. The topological polar surface area (TPSA) is 59.2 Å². The molecule has 1 saturated heterocycles. The average Bonchev–Trinajstić information content (AvgIpc) is 3.04. The maximum atomic E-state index is 12.7. The molecule has 128 valence electrons. The molecule has 1 unspecified atom stereocenters. The summed E-state index contributed by atoms with van der Waals surface area (Å²) in [6, 6.07) is 10.5. The molecule has 3 rings (SSSR count). The molecular weight excluding hydrogens is 318 g/mol. The SMILES string of the molecule is CC1(C)CN(C(=O)c2csc(CCc3ccccc3)n2)CCC1N. The maximum absolute atomic E-state index is 12.7. The van der Waals surface area contributed by atoms with Gasteiger partial charge in [0.1, 0.15) is 5.69 Å². The van der Waals surface area contributed by atoms with Crippen LogP contribution in [0.5, 0.6) is 0 Å². The first-order valence-electron chi connectivity index (χ1n) is 8.49. The summed E-state index contributed by atoms with van der Waals surface area (Å²) < 4.78 is 0. The molecule has 24 heavy (non-hydrogen) atoms. The first kappa shape index (κ1) is 17.1. The van der Waals surface area contributed by atoms with Crippen LogP contribution in [0.3, 0.4) is 0 Å². The van der Waals surface area contributed by atoms with Gasteiger partial charge in [0, 0.05) is 30.9 Å². The highest BCUT2D eigenvalue weighted by Gasteiger charge is 2.36. The van der Waals surface area contributed by atoms with Crippen molar-refractivity contribution in [2.75, 3.05) is 13.1 Å². The second-order valence-electron chi connectivity index (χ2n) is 7.22. The zero-order valence-corrected chi connectivity index (χ0v) is 15.2. The Labute approximate surface area is 147 Å². The van der Waals surface area contributed by atoms with Crippen molar-refractivity contribution in [1.82, 2.24) is 9.88 Å². The van der Waals surface area contributed by atoms with Crippen molar-refractivity contribution in [1.29, 1.82) is 0 Å². The lowest BCUT2D eigenvalue weighted by atomic mass is 9.79. The summed E-state index contributed by atoms with van der Waals surface area (Å²) in [5.41, 5.74) is 8.00. The number of carbonyl (C=O) groups is 1. The fourth-order valence-electron chi connectivity index (χ4n) is 3.13. The number of hydrogen-bond acceptors (Lipinski definition) is 4. The number of benzene rings is 1. The van der Waals surface area contributed by atoms with E-state index in [0.29, 0.717) is 12.2 Å². The van der Waals surface area contributed by atoms with Gasteiger partial charge in [-0.15, -0.1) is 11.3 Å². The number of rotatable bonds is 4. The molecule has 1 amide bonds. The summed E-state index contributed by atoms with van der Waals surface area (Å²) in [7, 11) is 0. The minimum Gasteiger partial charge on any atom is -0.337 e. The first-order chi connectivity index (χ1) is 11.5. The second-order valence-corrected chi connectivity index (χ2v) is 8.17. The van der Waals surface area contributed by atoms with Crippen molar-refractivity contribution < 1.29 is 4.79 Å². The third-order valence-electron chi connectivity index (χ3n) is 4.84. The number of thiazole rings is 1. The van der Waals surface area contributed by atoms with E-state index in [0.717, 1.165) is 30.8 Å². The molecule has 2 heterocycles. The molecular formula is C19H25N3OS. The number of nitrogens with two attached hydrogens (primary N) is 1. The highest BCUT2D eigenvalue weighted by atomic mass is 32.1. The van der Waals surface area contributed by atoms with Gasteiger partial charge in [-0.1, -0.05) is 44.2 Å². The Kier molecular flexibility index (Phi) is 5.01. The number of nitrogens with zero attached hydrogens (tertiary/aromatic N) is 2. The van der Waals surface area contributed by atoms with E-state index < -0.39 is 0 Å². The van der Waals surface area contributed by atoms with Crippen LogP contribution >= 0.6 is 11.3 Å². The summed E-state index contributed by atoms with van der Waals surface area (Å²) in [6.45, 7) is 5.68. The number of aryl methyl sites for hydroxylation is 2. The number of amides is 1. The van der Waals surface area contributed by atoms with Crippen molar-refractivity contribution in [3.8, 4) is 0 Å². The summed E-state index contributed by atoms with van der Waals surface area (Å²) in [5.74, 6) is 0.0391. The van der Waals surface area contributed by atoms with E-state index in [-0.39, 0.29) is 17.4 Å². The number of piperidine rings is 1. The largest absolute Gasteiger partial charge is 0.337 e. The Morgan fingerprint density at radius 3 is 2.79 bits per heavy atom. The minimum absolute atomic E-state index is 0.0391. The van der Waals surface area contributed by atoms with E-state index in [9.17, 15) is 4.79 Å². The molecule has 1 aromatic carbocycles. The lowest BCUT2D eigenvalue weighted by Gasteiger charge is -2.42. The van der Waals surface area contributed by atoms with Gasteiger partial charge in [0.15, 0.2) is 0 Å². The molecule has 0 spiro atoms. The van der Waals surface area contributed by atoms with Crippen molar-refractivity contribution >= 4 is 17.2 Å². The molecule has 2 N–H and O–H groups in total. The van der Waals surface area contributed by atoms with Gasteiger partial charge in [-0.25, -0.2) is 4.98 Å². The van der Waals surface area contributed by atoms with Crippen LogP contribution in [0, 0.1) is 5.41 Å². The van der Waals surface area contributed by atoms with Gasteiger partial charge in [-0.2, -0.15) is 0 Å². The molecule has 0 saturated carbocycles. The Hall–Kier alpha value is -1.72. The van der Waals surface area contributed by atoms with E-state index in [4.69, 9.17) is 5.73 Å². The molecule has 2 aromatic rings. The highest BCUT2D eigenvalue weighted by Crippen LogP contribution is 2.28. The Morgan fingerprint density at radius 1 is 1.33 bits per heavy atom. The summed E-state index contributed by atoms with van der Waals surface area (Å²) in [4.78, 5) is 19.2. The minimum atomic E-state index is -0.0416. The van der Waals surface area contributed by atoms with E-state index in [2.05, 4.69) is 43.1 Å². The molecule has 0 aliphatic carbocycles. The second kappa shape index (κ2) is 7.03. The van der Waals surface area contributed by atoms with Crippen LogP contribution in [-0.2, 0) is 12.8 Å². The Balaban J connectivity index is 1.61. The Bertz CT molecular complexity index is 696. The number of carbonyl (C=O) groups excluding carboxylic acids is 1. The predicted molar refractivity (Wildman–Crippen MR) is 98.2 cm³/mol. The standard InChI is InChI=1S/C19H25N3OS/c1-19(2)13-22(11-10-16(19)20)18(23)15-12-24-17(21-15)9-8-14-6-4-3-5-7-14/h3-7,12,16H,8-11,13,20H2,1-2H3. The molecule has 0 bridgehead atoms. The van der Waals surface area contributed by atoms with Crippen LogP contribution in [0.25, 0.3) is 0 Å². The fourth-order valence-corrected chi connectivity index (χ4v) is 3.90. The smallest absolute Gasteiger partial charge is 0.273 e. The molecule has 1 atom stereocenters. The fraction of sp³-hybridized carbons (Fsp3) is 0.474. The van der Waals surface area contributed by atoms with Crippen molar-refractivity contribution in [2.24, 2.45) is 11.1 Å². The molecule has 5 heteroatoms. The van der Waals surface area contributed by atoms with Gasteiger partial charge in [0.05, 0.1) is 5.01 Å². The van der Waals surface area contributed by atoms with Crippen LogP contribution < -0.4 is 5.73 Å². The van der Waals surface area contributed by atoms with Crippen molar-refractivity contribution in [3.63, 3.8) is 0 Å². The van der Waals surface area contributed by atoms with Crippen LogP contribution in [0.4, 0.5) is 0 Å². The highest BCUT2D eigenvalue weighted by molar-refractivity contribution is 7.09. The van der Waals surface area contributed by atoms with E-state index in [1.807, 2.05) is 16.3 Å². The summed E-state index contributed by atoms with van der Waals surface area (Å²) in [6.07, 6.45) is 2.68. The molecule has 1 fully saturated rings. The summed E-state index contributed by atoms with van der Waals surface area (Å²) in [5, 5.41) is 2.92. The quantitative estimate of drug-likeness (QED) is 0.928. The van der Waals surface area contributed by atoms with Gasteiger partial charge in [0.25, 0.3) is 5.91 Å². The molecule has 1 aliphatic heterocycles. The Morgan fingerprint density at radius 2 is 2.08 bits per heavy atom. The zero-order valence-electron chi connectivity index (χ0n) is 14.4. The van der Waals surface area contributed by atoms with E-state index >= 15 is 0 Å². The van der Waals surface area contributed by atoms with Gasteiger partial charge in [-0.05, 0) is 23.8 Å². The first-order valence-corrected chi connectivity index (χ1v) is 9.37. The lowest BCUT2D eigenvalue weighted by molar-refractivity contribution is 0.0528. The van der Waals surface area contributed by atoms with Gasteiger partial charge in [0.2, 0.25) is 0 Å². The molecule has 1 aromatic heterocycles. The van der Waals surface area contributed by atoms with Gasteiger partial charge < -0.3 is 10.6 Å². The predicted octanol–water partition coefficient (Wildman–Crippen LogP) is 3.13. The third kappa shape index (κ3) is 3.84. The third-order valence-corrected chi connectivity index (χ3v) is 5.75. The van der Waals surface area contributed by atoms with Crippen LogP contribution in [-0.4, -0.2) is 34.9 Å². The van der Waals surface area contributed by atoms with Crippen LogP contribution in [0.15, 0.2) is 35.7 Å². The van der Waals surface area contributed by atoms with Crippen molar-refractivity contribution in [3.05, 3.63) is 52.0 Å². The van der Waals surface area contributed by atoms with Gasteiger partial charge >= 0.3 is 0 Å². The summed E-state index contributed by atoms with van der Waals surface area (Å²) >= 11 is 1.58. The molecule has 1 aliphatic rings. The van der Waals surface area contributed by atoms with E-state index in [1.165, 1.54) is 5.56 Å². The molecule has 0 radical (unpaired) electrons. The normalized spacial score (nSPS) is 20.1. The number of aromatic nitrogens is 1. The molecule has 4 nitrogen and oxygen atoms in total. The maximum Gasteiger partial charge on any atom is 0.273 e. The lowest BCUT2D eigenvalue weighted by Crippen LogP contribution is -2.54.